The summed E-state index contributed by atoms with van der Waals surface area (Å²) < 4.78 is 16.4. The topological polar surface area (TPSA) is 148 Å². The Balaban J connectivity index is 1.96. The summed E-state index contributed by atoms with van der Waals surface area (Å²) in [6.07, 6.45) is 1.43. The fourth-order valence-electron chi connectivity index (χ4n) is 3.74. The van der Waals surface area contributed by atoms with Crippen LogP contribution in [-0.2, 0) is 22.6 Å². The van der Waals surface area contributed by atoms with Gasteiger partial charge in [-0.1, -0.05) is 11.6 Å². The summed E-state index contributed by atoms with van der Waals surface area (Å²) in [7, 11) is 1.46. The molecule has 0 unspecified atom stereocenters. The van der Waals surface area contributed by atoms with Crippen LogP contribution in [0.4, 0.5) is 10.5 Å². The zero-order valence-corrected chi connectivity index (χ0v) is 19.5. The molecule has 0 atom stereocenters. The molecule has 0 aromatic heterocycles. The number of rotatable bonds is 9. The average molecular weight is 483 g/mol. The molecule has 2 aromatic rings. The summed E-state index contributed by atoms with van der Waals surface area (Å²) in [4.78, 5) is 47.2. The van der Waals surface area contributed by atoms with E-state index in [1.54, 1.807) is 19.9 Å². The van der Waals surface area contributed by atoms with E-state index in [9.17, 15) is 19.2 Å². The lowest BCUT2D eigenvalue weighted by atomic mass is 9.94. The largest absolute Gasteiger partial charge is 0.496 e. The minimum absolute atomic E-state index is 0.00751. The Morgan fingerprint density at radius 3 is 2.40 bits per heavy atom. The van der Waals surface area contributed by atoms with Crippen LogP contribution in [0.3, 0.4) is 0 Å². The normalized spacial score (nSPS) is 12.5. The Kier molecular flexibility index (Phi) is 7.75. The van der Waals surface area contributed by atoms with Crippen molar-refractivity contribution in [3.63, 3.8) is 0 Å². The fourth-order valence-corrected chi connectivity index (χ4v) is 3.74. The predicted molar refractivity (Wildman–Crippen MR) is 124 cm³/mol. The van der Waals surface area contributed by atoms with Crippen LogP contribution in [0.15, 0.2) is 35.9 Å². The molecular formula is C25H25NO9. The highest BCUT2D eigenvalue weighted by atomic mass is 16.6. The van der Waals surface area contributed by atoms with Gasteiger partial charge >= 0.3 is 24.0 Å². The van der Waals surface area contributed by atoms with Crippen LogP contribution in [0.2, 0.25) is 0 Å². The lowest BCUT2D eigenvalue weighted by Gasteiger charge is -2.19. The molecule has 1 amide bonds. The summed E-state index contributed by atoms with van der Waals surface area (Å²) in [5, 5.41) is 20.4. The second-order valence-electron chi connectivity index (χ2n) is 7.94. The number of allylic oxidation sites excluding steroid dienone is 2. The van der Waals surface area contributed by atoms with Crippen LogP contribution in [0, 0.1) is 6.92 Å². The molecule has 3 rings (SSSR count). The summed E-state index contributed by atoms with van der Waals surface area (Å²) >= 11 is 0. The maximum absolute atomic E-state index is 12.7. The third-order valence-corrected chi connectivity index (χ3v) is 5.59. The van der Waals surface area contributed by atoms with E-state index in [2.05, 4.69) is 5.32 Å². The molecule has 0 bridgehead atoms. The van der Waals surface area contributed by atoms with E-state index in [1.165, 1.54) is 31.4 Å². The van der Waals surface area contributed by atoms with Gasteiger partial charge in [-0.25, -0.2) is 14.4 Å². The highest BCUT2D eigenvalue weighted by Crippen LogP contribution is 2.43. The highest BCUT2D eigenvalue weighted by Gasteiger charge is 2.34. The van der Waals surface area contributed by atoms with Crippen LogP contribution in [0.5, 0.6) is 11.5 Å². The number of carboxylic acid groups (broad SMARTS) is 2. The van der Waals surface area contributed by atoms with Gasteiger partial charge in [0.2, 0.25) is 0 Å². The van der Waals surface area contributed by atoms with E-state index >= 15 is 0 Å². The van der Waals surface area contributed by atoms with Gasteiger partial charge in [0.05, 0.1) is 12.7 Å². The van der Waals surface area contributed by atoms with Crippen LogP contribution in [0.25, 0.3) is 0 Å². The molecule has 0 fully saturated rings. The van der Waals surface area contributed by atoms with Gasteiger partial charge in [-0.3, -0.25) is 10.1 Å². The van der Waals surface area contributed by atoms with E-state index in [0.717, 1.165) is 5.57 Å². The SMILES string of the molecule is COc1c(C)c2c(c(OC(=O)Nc3ccc(C(=O)O)cc3)c1CC=C(C)CCC(=O)O)C(=O)OC2. The zero-order valence-electron chi connectivity index (χ0n) is 19.5. The van der Waals surface area contributed by atoms with Gasteiger partial charge in [-0.2, -0.15) is 0 Å². The number of carbonyl (C=O) groups is 4. The Labute approximate surface area is 201 Å². The Morgan fingerprint density at radius 1 is 1.11 bits per heavy atom. The number of hydrogen-bond acceptors (Lipinski definition) is 7. The van der Waals surface area contributed by atoms with Crippen LogP contribution in [-0.4, -0.2) is 41.3 Å². The first-order chi connectivity index (χ1) is 16.6. The summed E-state index contributed by atoms with van der Waals surface area (Å²) in [5.41, 5.74) is 2.96. The number of amides is 1. The molecule has 0 aliphatic carbocycles. The number of aliphatic carboxylic acids is 1. The van der Waals surface area contributed by atoms with Gasteiger partial charge in [-0.15, -0.1) is 0 Å². The Hall–Kier alpha value is -4.34. The summed E-state index contributed by atoms with van der Waals surface area (Å²) in [5.74, 6) is -2.23. The Morgan fingerprint density at radius 2 is 1.80 bits per heavy atom. The zero-order chi connectivity index (χ0) is 25.7. The minimum Gasteiger partial charge on any atom is -0.496 e. The van der Waals surface area contributed by atoms with Crippen molar-refractivity contribution in [1.82, 2.24) is 0 Å². The number of anilines is 1. The van der Waals surface area contributed by atoms with Gasteiger partial charge in [0, 0.05) is 23.2 Å². The van der Waals surface area contributed by atoms with Crippen molar-refractivity contribution in [2.75, 3.05) is 12.4 Å². The lowest BCUT2D eigenvalue weighted by molar-refractivity contribution is -0.136. The first-order valence-corrected chi connectivity index (χ1v) is 10.7. The van der Waals surface area contributed by atoms with E-state index in [1.807, 2.05) is 0 Å². The standard InChI is InChI=1S/C25H25NO9/c1-13(5-11-19(27)28)4-10-17-21(33-3)14(2)18-12-34-24(31)20(18)22(17)35-25(32)26-16-8-6-15(7-9-16)23(29)30/h4,6-9H,5,10-12H2,1-3H3,(H,26,32)(H,27,28)(H,29,30). The van der Waals surface area contributed by atoms with E-state index in [-0.39, 0.29) is 36.3 Å². The second kappa shape index (κ2) is 10.7. The van der Waals surface area contributed by atoms with Crippen molar-refractivity contribution >= 4 is 29.7 Å². The maximum Gasteiger partial charge on any atom is 0.417 e. The van der Waals surface area contributed by atoms with Crippen molar-refractivity contribution in [3.8, 4) is 11.5 Å². The number of methoxy groups -OCH3 is 1. The fraction of sp³-hybridized carbons (Fsp3) is 0.280. The smallest absolute Gasteiger partial charge is 0.417 e. The third kappa shape index (κ3) is 5.78. The highest BCUT2D eigenvalue weighted by molar-refractivity contribution is 6.00. The number of hydrogen-bond donors (Lipinski definition) is 3. The number of cyclic esters (lactones) is 1. The van der Waals surface area contributed by atoms with E-state index in [4.69, 9.17) is 24.4 Å². The second-order valence-corrected chi connectivity index (χ2v) is 7.94. The molecule has 0 saturated heterocycles. The molecule has 10 nitrogen and oxygen atoms in total. The molecule has 0 saturated carbocycles. The van der Waals surface area contributed by atoms with Crippen LogP contribution < -0.4 is 14.8 Å². The molecule has 2 aromatic carbocycles. The van der Waals surface area contributed by atoms with Crippen molar-refractivity contribution in [1.29, 1.82) is 0 Å². The van der Waals surface area contributed by atoms with Crippen molar-refractivity contribution in [2.45, 2.75) is 39.7 Å². The molecule has 35 heavy (non-hydrogen) atoms. The quantitative estimate of drug-likeness (QED) is 0.350. The minimum atomic E-state index is -1.10. The molecule has 10 heteroatoms. The van der Waals surface area contributed by atoms with Gasteiger partial charge < -0.3 is 24.4 Å². The number of nitrogens with one attached hydrogen (secondary N) is 1. The van der Waals surface area contributed by atoms with Crippen molar-refractivity contribution in [2.24, 2.45) is 0 Å². The van der Waals surface area contributed by atoms with Crippen LogP contribution >= 0.6 is 0 Å². The number of aromatic carboxylic acids is 1. The molecule has 1 heterocycles. The number of fused-ring (bicyclic) bond motifs is 1. The van der Waals surface area contributed by atoms with E-state index < -0.39 is 24.0 Å². The monoisotopic (exact) mass is 483 g/mol. The van der Waals surface area contributed by atoms with Crippen molar-refractivity contribution < 1.29 is 43.6 Å². The first-order valence-electron chi connectivity index (χ1n) is 10.7. The maximum atomic E-state index is 12.7. The number of benzene rings is 2. The lowest BCUT2D eigenvalue weighted by Crippen LogP contribution is -2.20. The molecule has 184 valence electrons. The molecule has 1 aliphatic rings. The number of carbonyl (C=O) groups excluding carboxylic acids is 2. The van der Waals surface area contributed by atoms with Gasteiger partial charge in [0.25, 0.3) is 0 Å². The number of carboxylic acids is 2. The third-order valence-electron chi connectivity index (χ3n) is 5.59. The first kappa shape index (κ1) is 25.3. The molecule has 3 N–H and O–H groups in total. The number of ether oxygens (including phenoxy) is 3. The number of esters is 1. The summed E-state index contributed by atoms with van der Waals surface area (Å²) in [6.45, 7) is 3.58. The Bertz CT molecular complexity index is 1210. The van der Waals surface area contributed by atoms with Gasteiger partial charge in [0.15, 0.2) is 5.75 Å². The van der Waals surface area contributed by atoms with Gasteiger partial charge in [-0.05, 0) is 56.5 Å². The predicted octanol–water partition coefficient (Wildman–Crippen LogP) is 4.34. The molecule has 0 spiro atoms. The molecule has 0 radical (unpaired) electrons. The van der Waals surface area contributed by atoms with Crippen LogP contribution in [0.1, 0.15) is 57.2 Å². The van der Waals surface area contributed by atoms with Gasteiger partial charge in [0.1, 0.15) is 17.9 Å². The van der Waals surface area contributed by atoms with Crippen molar-refractivity contribution in [3.05, 3.63) is 63.7 Å². The molecular weight excluding hydrogens is 458 g/mol. The summed E-state index contributed by atoms with van der Waals surface area (Å²) in [6, 6.07) is 5.49. The average Bonchev–Trinajstić information content (AvgIpc) is 3.20. The molecule has 1 aliphatic heterocycles. The van der Waals surface area contributed by atoms with E-state index in [0.29, 0.717) is 34.5 Å².